The fraction of sp³-hybridized carbons (Fsp3) is 1.00. The first-order valence-electron chi connectivity index (χ1n) is 6.91. The molecule has 0 fully saturated rings. The van der Waals surface area contributed by atoms with Gasteiger partial charge in [-0.15, -0.1) is 0 Å². The van der Waals surface area contributed by atoms with E-state index in [4.69, 9.17) is 9.47 Å². The SMILES string of the molecule is CC(C)CCOC(C)NC(C)OCCC(C)C. The zero-order valence-electron chi connectivity index (χ0n) is 12.5. The molecule has 0 spiro atoms. The molecule has 0 rings (SSSR count). The maximum atomic E-state index is 5.66. The van der Waals surface area contributed by atoms with Crippen molar-refractivity contribution in [1.82, 2.24) is 5.32 Å². The van der Waals surface area contributed by atoms with Crippen LogP contribution in [0.1, 0.15) is 54.4 Å². The predicted octanol–water partition coefficient (Wildman–Crippen LogP) is 3.39. The molecule has 104 valence electrons. The van der Waals surface area contributed by atoms with Crippen molar-refractivity contribution in [3.8, 4) is 0 Å². The van der Waals surface area contributed by atoms with Crippen molar-refractivity contribution in [3.05, 3.63) is 0 Å². The molecule has 3 nitrogen and oxygen atoms in total. The van der Waals surface area contributed by atoms with Crippen molar-refractivity contribution in [2.45, 2.75) is 66.8 Å². The topological polar surface area (TPSA) is 30.5 Å². The van der Waals surface area contributed by atoms with Gasteiger partial charge in [0, 0.05) is 13.2 Å². The summed E-state index contributed by atoms with van der Waals surface area (Å²) < 4.78 is 11.3. The molecule has 17 heavy (non-hydrogen) atoms. The smallest absolute Gasteiger partial charge is 0.107 e. The van der Waals surface area contributed by atoms with Gasteiger partial charge < -0.3 is 9.47 Å². The quantitative estimate of drug-likeness (QED) is 0.598. The van der Waals surface area contributed by atoms with Crippen molar-refractivity contribution in [2.75, 3.05) is 13.2 Å². The molecular weight excluding hydrogens is 214 g/mol. The number of ether oxygens (including phenoxy) is 2. The summed E-state index contributed by atoms with van der Waals surface area (Å²) in [7, 11) is 0. The lowest BCUT2D eigenvalue weighted by atomic mass is 10.1. The number of hydrogen-bond acceptors (Lipinski definition) is 3. The molecule has 2 unspecified atom stereocenters. The molecule has 0 amide bonds. The molecule has 0 bridgehead atoms. The van der Waals surface area contributed by atoms with Crippen molar-refractivity contribution in [3.63, 3.8) is 0 Å². The summed E-state index contributed by atoms with van der Waals surface area (Å²) in [4.78, 5) is 0. The van der Waals surface area contributed by atoms with Crippen LogP contribution in [0, 0.1) is 11.8 Å². The van der Waals surface area contributed by atoms with Crippen LogP contribution in [0.15, 0.2) is 0 Å². The van der Waals surface area contributed by atoms with Crippen LogP contribution < -0.4 is 5.32 Å². The number of hydrogen-bond donors (Lipinski definition) is 1. The van der Waals surface area contributed by atoms with E-state index in [9.17, 15) is 0 Å². The van der Waals surface area contributed by atoms with Gasteiger partial charge in [0.1, 0.15) is 12.5 Å². The van der Waals surface area contributed by atoms with Gasteiger partial charge in [-0.05, 0) is 38.5 Å². The van der Waals surface area contributed by atoms with Crippen LogP contribution in [-0.2, 0) is 9.47 Å². The van der Waals surface area contributed by atoms with Crippen molar-refractivity contribution in [2.24, 2.45) is 11.8 Å². The molecule has 1 N–H and O–H groups in total. The first kappa shape index (κ1) is 16.9. The molecule has 0 heterocycles. The molecule has 0 aliphatic carbocycles. The second-order valence-corrected chi connectivity index (χ2v) is 5.56. The number of nitrogens with one attached hydrogen (secondary N) is 1. The van der Waals surface area contributed by atoms with Crippen molar-refractivity contribution < 1.29 is 9.47 Å². The molecule has 0 aromatic carbocycles. The van der Waals surface area contributed by atoms with Crippen LogP contribution in [-0.4, -0.2) is 25.7 Å². The predicted molar refractivity (Wildman–Crippen MR) is 72.9 cm³/mol. The summed E-state index contributed by atoms with van der Waals surface area (Å²) in [6.07, 6.45) is 2.33. The minimum atomic E-state index is 0.0581. The third kappa shape index (κ3) is 12.1. The van der Waals surface area contributed by atoms with E-state index >= 15 is 0 Å². The summed E-state index contributed by atoms with van der Waals surface area (Å²) >= 11 is 0. The van der Waals surface area contributed by atoms with Crippen LogP contribution in [0.3, 0.4) is 0 Å². The first-order chi connectivity index (χ1) is 7.91. The van der Waals surface area contributed by atoms with Crippen molar-refractivity contribution in [1.29, 1.82) is 0 Å². The Morgan fingerprint density at radius 1 is 0.706 bits per heavy atom. The fourth-order valence-corrected chi connectivity index (χ4v) is 1.39. The molecule has 2 atom stereocenters. The highest BCUT2D eigenvalue weighted by atomic mass is 16.5. The Morgan fingerprint density at radius 3 is 1.35 bits per heavy atom. The third-order valence-corrected chi connectivity index (χ3v) is 2.60. The Balaban J connectivity index is 3.48. The van der Waals surface area contributed by atoms with Crippen LogP contribution >= 0.6 is 0 Å². The van der Waals surface area contributed by atoms with Gasteiger partial charge in [-0.1, -0.05) is 27.7 Å². The molecule has 0 saturated heterocycles. The zero-order chi connectivity index (χ0) is 13.3. The Morgan fingerprint density at radius 2 is 1.06 bits per heavy atom. The van der Waals surface area contributed by atoms with Gasteiger partial charge in [-0.3, -0.25) is 5.32 Å². The monoisotopic (exact) mass is 245 g/mol. The van der Waals surface area contributed by atoms with Gasteiger partial charge >= 0.3 is 0 Å². The van der Waals surface area contributed by atoms with E-state index < -0.39 is 0 Å². The van der Waals surface area contributed by atoms with Gasteiger partial charge in [0.2, 0.25) is 0 Å². The highest BCUT2D eigenvalue weighted by Crippen LogP contribution is 2.03. The van der Waals surface area contributed by atoms with E-state index in [1.807, 2.05) is 13.8 Å². The maximum absolute atomic E-state index is 5.66. The van der Waals surface area contributed by atoms with E-state index in [0.717, 1.165) is 26.1 Å². The molecule has 3 heteroatoms. The molecule has 0 aromatic rings. The summed E-state index contributed by atoms with van der Waals surface area (Å²) in [5, 5.41) is 3.28. The zero-order valence-corrected chi connectivity index (χ0v) is 12.5. The van der Waals surface area contributed by atoms with E-state index in [1.165, 1.54) is 0 Å². The molecule has 0 aliphatic heterocycles. The fourth-order valence-electron chi connectivity index (χ4n) is 1.39. The average molecular weight is 245 g/mol. The van der Waals surface area contributed by atoms with Gasteiger partial charge in [0.25, 0.3) is 0 Å². The molecule has 0 saturated carbocycles. The van der Waals surface area contributed by atoms with Crippen LogP contribution in [0.4, 0.5) is 0 Å². The van der Waals surface area contributed by atoms with E-state index in [-0.39, 0.29) is 12.5 Å². The summed E-state index contributed by atoms with van der Waals surface area (Å²) in [6.45, 7) is 14.5. The Kier molecular flexibility index (Phi) is 9.79. The normalized spacial score (nSPS) is 15.5. The van der Waals surface area contributed by atoms with Crippen molar-refractivity contribution >= 4 is 0 Å². The van der Waals surface area contributed by atoms with Gasteiger partial charge in [-0.2, -0.15) is 0 Å². The lowest BCUT2D eigenvalue weighted by molar-refractivity contribution is -0.0347. The van der Waals surface area contributed by atoms with Crippen LogP contribution in [0.5, 0.6) is 0 Å². The Bertz CT molecular complexity index is 154. The van der Waals surface area contributed by atoms with Gasteiger partial charge in [-0.25, -0.2) is 0 Å². The highest BCUT2D eigenvalue weighted by molar-refractivity contribution is 4.53. The minimum absolute atomic E-state index is 0.0581. The third-order valence-electron chi connectivity index (χ3n) is 2.60. The lowest BCUT2D eigenvalue weighted by Gasteiger charge is -2.21. The number of rotatable bonds is 10. The average Bonchev–Trinajstić information content (AvgIpc) is 2.15. The molecule has 0 aromatic heterocycles. The summed E-state index contributed by atoms with van der Waals surface area (Å²) in [5.41, 5.74) is 0. The van der Waals surface area contributed by atoms with E-state index in [2.05, 4.69) is 33.0 Å². The van der Waals surface area contributed by atoms with Crippen LogP contribution in [0.25, 0.3) is 0 Å². The second-order valence-electron chi connectivity index (χ2n) is 5.56. The van der Waals surface area contributed by atoms with E-state index in [0.29, 0.717) is 11.8 Å². The second kappa shape index (κ2) is 9.86. The summed E-state index contributed by atoms with van der Waals surface area (Å²) in [5.74, 6) is 1.39. The largest absolute Gasteiger partial charge is 0.364 e. The maximum Gasteiger partial charge on any atom is 0.107 e. The Labute approximate surface area is 107 Å². The Hall–Kier alpha value is -0.120. The van der Waals surface area contributed by atoms with E-state index in [1.54, 1.807) is 0 Å². The molecular formula is C14H31NO2. The standard InChI is InChI=1S/C14H31NO2/c1-11(2)7-9-16-13(5)15-14(6)17-10-8-12(3)4/h11-15H,7-10H2,1-6H3. The minimum Gasteiger partial charge on any atom is -0.364 e. The first-order valence-corrected chi connectivity index (χ1v) is 6.91. The van der Waals surface area contributed by atoms with Crippen LogP contribution in [0.2, 0.25) is 0 Å². The molecule has 0 aliphatic rings. The lowest BCUT2D eigenvalue weighted by Crippen LogP contribution is -2.38. The highest BCUT2D eigenvalue weighted by Gasteiger charge is 2.08. The summed E-state index contributed by atoms with van der Waals surface area (Å²) in [6, 6.07) is 0. The van der Waals surface area contributed by atoms with Gasteiger partial charge in [0.05, 0.1) is 0 Å². The molecule has 0 radical (unpaired) electrons. The van der Waals surface area contributed by atoms with Gasteiger partial charge in [0.15, 0.2) is 0 Å².